The zero-order valence-electron chi connectivity index (χ0n) is 21.4. The average Bonchev–Trinajstić information content (AvgIpc) is 3.09. The van der Waals surface area contributed by atoms with Gasteiger partial charge in [0.05, 0.1) is 37.4 Å². The molecule has 0 aromatic heterocycles. The molecular formula is C29H42O5S. The van der Waals surface area contributed by atoms with E-state index in [1.54, 1.807) is 12.1 Å². The van der Waals surface area contributed by atoms with Gasteiger partial charge in [-0.2, -0.15) is 8.42 Å². The van der Waals surface area contributed by atoms with Crippen molar-refractivity contribution in [1.29, 1.82) is 0 Å². The first-order valence-electron chi connectivity index (χ1n) is 14.0. The largest absolute Gasteiger partial charge is 0.378 e. The molecule has 0 bridgehead atoms. The van der Waals surface area contributed by atoms with Crippen molar-refractivity contribution in [2.45, 2.75) is 82.6 Å². The molecule has 5 aliphatic rings. The van der Waals surface area contributed by atoms with Gasteiger partial charge in [-0.15, -0.1) is 0 Å². The lowest BCUT2D eigenvalue weighted by Gasteiger charge is -2.62. The molecule has 1 spiro atoms. The third-order valence-corrected chi connectivity index (χ3v) is 12.4. The summed E-state index contributed by atoms with van der Waals surface area (Å²) < 4.78 is 44.4. The van der Waals surface area contributed by atoms with Crippen molar-refractivity contribution in [1.82, 2.24) is 0 Å². The SMILES string of the molecule is Cc1ccc(S(=O)(=O)OC[C@H]2C[C@H]3[C@@H]4CCC5OCCOC[C@@]54CC[C@@H]3[C@@]3(C)CCCCC23)cc1. The van der Waals surface area contributed by atoms with Crippen LogP contribution in [0.1, 0.15) is 70.3 Å². The number of hydrogen-bond donors (Lipinski definition) is 0. The summed E-state index contributed by atoms with van der Waals surface area (Å²) >= 11 is 0. The molecule has 194 valence electrons. The fourth-order valence-corrected chi connectivity index (χ4v) is 10.5. The summed E-state index contributed by atoms with van der Waals surface area (Å²) in [6, 6.07) is 7.02. The number of aryl methyl sites for hydroxylation is 1. The normalized spacial score (nSPS) is 43.4. The maximum absolute atomic E-state index is 13.1. The van der Waals surface area contributed by atoms with Crippen molar-refractivity contribution < 1.29 is 22.1 Å². The van der Waals surface area contributed by atoms with Crippen molar-refractivity contribution in [3.05, 3.63) is 29.8 Å². The third kappa shape index (κ3) is 4.02. The van der Waals surface area contributed by atoms with Gasteiger partial charge < -0.3 is 9.47 Å². The quantitative estimate of drug-likeness (QED) is 0.490. The van der Waals surface area contributed by atoms with Crippen molar-refractivity contribution in [2.24, 2.45) is 40.4 Å². The highest BCUT2D eigenvalue weighted by Crippen LogP contribution is 2.68. The molecule has 5 fully saturated rings. The number of ether oxygens (including phenoxy) is 2. The van der Waals surface area contributed by atoms with Crippen molar-refractivity contribution in [3.63, 3.8) is 0 Å². The lowest BCUT2D eigenvalue weighted by molar-refractivity contribution is -0.160. The standard InChI is InChI=1S/C29H42O5S/c1-20-6-8-22(9-7-20)35(30,31)34-18-21-17-23-25(28(2)13-4-3-5-24(21)28)12-14-29-19-32-15-16-33-27(29)11-10-26(23)29/h6-9,21,23-27H,3-5,10-19H2,1-2H3/t21-,23-,24?,25+,26+,27?,28+,29-/m1/s1. The van der Waals surface area contributed by atoms with E-state index in [0.29, 0.717) is 43.0 Å². The Bertz CT molecular complexity index is 1020. The van der Waals surface area contributed by atoms with Gasteiger partial charge in [-0.3, -0.25) is 4.18 Å². The van der Waals surface area contributed by atoms with Gasteiger partial charge in [0.1, 0.15) is 0 Å². The summed E-state index contributed by atoms with van der Waals surface area (Å²) in [4.78, 5) is 0.270. The van der Waals surface area contributed by atoms with Crippen LogP contribution in [-0.2, 0) is 23.8 Å². The fraction of sp³-hybridized carbons (Fsp3) is 0.793. The Morgan fingerprint density at radius 1 is 0.971 bits per heavy atom. The van der Waals surface area contributed by atoms with Gasteiger partial charge >= 0.3 is 0 Å². The molecule has 1 aliphatic heterocycles. The Morgan fingerprint density at radius 2 is 1.80 bits per heavy atom. The first-order valence-corrected chi connectivity index (χ1v) is 15.4. The molecule has 8 atom stereocenters. The lowest BCUT2D eigenvalue weighted by atomic mass is 9.43. The van der Waals surface area contributed by atoms with Crippen LogP contribution in [-0.4, -0.2) is 40.9 Å². The zero-order valence-corrected chi connectivity index (χ0v) is 22.2. The molecule has 0 N–H and O–H groups in total. The number of fused-ring (bicyclic) bond motifs is 4. The molecule has 4 saturated carbocycles. The average molecular weight is 503 g/mol. The van der Waals surface area contributed by atoms with Crippen molar-refractivity contribution >= 4 is 10.1 Å². The van der Waals surface area contributed by atoms with Crippen LogP contribution >= 0.6 is 0 Å². The van der Waals surface area contributed by atoms with E-state index in [-0.39, 0.29) is 15.7 Å². The van der Waals surface area contributed by atoms with Crippen LogP contribution in [0.5, 0.6) is 0 Å². The smallest absolute Gasteiger partial charge is 0.296 e. The summed E-state index contributed by atoms with van der Waals surface area (Å²) in [5.41, 5.74) is 1.50. The molecular weight excluding hydrogens is 460 g/mol. The monoisotopic (exact) mass is 502 g/mol. The summed E-state index contributed by atoms with van der Waals surface area (Å²) in [6.07, 6.45) is 11.4. The lowest BCUT2D eigenvalue weighted by Crippen LogP contribution is -2.58. The van der Waals surface area contributed by atoms with Gasteiger partial charge in [0, 0.05) is 5.41 Å². The second-order valence-corrected chi connectivity index (χ2v) is 14.2. The number of hydrogen-bond acceptors (Lipinski definition) is 5. The molecule has 35 heavy (non-hydrogen) atoms. The minimum absolute atomic E-state index is 0.162. The van der Waals surface area contributed by atoms with Crippen molar-refractivity contribution in [2.75, 3.05) is 26.4 Å². The Morgan fingerprint density at radius 3 is 2.63 bits per heavy atom. The topological polar surface area (TPSA) is 61.8 Å². The Balaban J connectivity index is 1.27. The second-order valence-electron chi connectivity index (χ2n) is 12.5. The molecule has 6 heteroatoms. The predicted octanol–water partition coefficient (Wildman–Crippen LogP) is 5.75. The van der Waals surface area contributed by atoms with Crippen LogP contribution < -0.4 is 0 Å². The second kappa shape index (κ2) is 9.11. The van der Waals surface area contributed by atoms with Gasteiger partial charge in [-0.05, 0) is 99.0 Å². The minimum Gasteiger partial charge on any atom is -0.378 e. The maximum atomic E-state index is 13.1. The van der Waals surface area contributed by atoms with E-state index in [4.69, 9.17) is 13.7 Å². The highest BCUT2D eigenvalue weighted by atomic mass is 32.2. The Hall–Kier alpha value is -0.950. The third-order valence-electron chi connectivity index (χ3n) is 11.1. The van der Waals surface area contributed by atoms with E-state index in [9.17, 15) is 8.42 Å². The highest BCUT2D eigenvalue weighted by molar-refractivity contribution is 7.86. The van der Waals surface area contributed by atoms with E-state index in [2.05, 4.69) is 6.92 Å². The van der Waals surface area contributed by atoms with Gasteiger partial charge in [0.15, 0.2) is 0 Å². The molecule has 6 rings (SSSR count). The molecule has 1 saturated heterocycles. The molecule has 0 amide bonds. The molecule has 1 aromatic carbocycles. The van der Waals surface area contributed by atoms with E-state index in [1.165, 1.54) is 44.9 Å². The van der Waals surface area contributed by atoms with E-state index >= 15 is 0 Å². The number of rotatable bonds is 4. The summed E-state index contributed by atoms with van der Waals surface area (Å²) in [5.74, 6) is 2.83. The van der Waals surface area contributed by atoms with Crippen LogP contribution in [0.25, 0.3) is 0 Å². The highest BCUT2D eigenvalue weighted by Gasteiger charge is 2.63. The predicted molar refractivity (Wildman–Crippen MR) is 134 cm³/mol. The Labute approximate surface area is 211 Å². The first kappa shape index (κ1) is 24.4. The first-order chi connectivity index (χ1) is 16.8. The van der Waals surface area contributed by atoms with Crippen molar-refractivity contribution in [3.8, 4) is 0 Å². The molecule has 2 unspecified atom stereocenters. The van der Waals surface area contributed by atoms with Crippen LogP contribution in [0.4, 0.5) is 0 Å². The number of benzene rings is 1. The van der Waals surface area contributed by atoms with Gasteiger partial charge in [0.25, 0.3) is 10.1 Å². The zero-order chi connectivity index (χ0) is 24.3. The van der Waals surface area contributed by atoms with Gasteiger partial charge in [0.2, 0.25) is 0 Å². The summed E-state index contributed by atoms with van der Waals surface area (Å²) in [5, 5.41) is 0. The van der Waals surface area contributed by atoms with Crippen LogP contribution in [0, 0.1) is 47.3 Å². The van der Waals surface area contributed by atoms with Gasteiger partial charge in [-0.1, -0.05) is 37.5 Å². The van der Waals surface area contributed by atoms with Crippen LogP contribution in [0.2, 0.25) is 0 Å². The molecule has 4 aliphatic carbocycles. The molecule has 0 radical (unpaired) electrons. The maximum Gasteiger partial charge on any atom is 0.296 e. The molecule has 5 nitrogen and oxygen atoms in total. The van der Waals surface area contributed by atoms with E-state index < -0.39 is 10.1 Å². The molecule has 1 heterocycles. The summed E-state index contributed by atoms with van der Waals surface area (Å²) in [7, 11) is -3.75. The van der Waals surface area contributed by atoms with E-state index in [0.717, 1.165) is 37.5 Å². The summed E-state index contributed by atoms with van der Waals surface area (Å²) in [6.45, 7) is 7.10. The minimum atomic E-state index is -3.75. The van der Waals surface area contributed by atoms with E-state index in [1.807, 2.05) is 19.1 Å². The van der Waals surface area contributed by atoms with Crippen LogP contribution in [0.15, 0.2) is 29.2 Å². The van der Waals surface area contributed by atoms with Gasteiger partial charge in [-0.25, -0.2) is 0 Å². The van der Waals surface area contributed by atoms with Crippen LogP contribution in [0.3, 0.4) is 0 Å². The fourth-order valence-electron chi connectivity index (χ4n) is 9.50. The molecule has 1 aromatic rings. The Kier molecular flexibility index (Phi) is 6.35.